The van der Waals surface area contributed by atoms with E-state index in [0.717, 1.165) is 28.4 Å². The van der Waals surface area contributed by atoms with Crippen molar-refractivity contribution < 1.29 is 0 Å². The minimum Gasteiger partial charge on any atom is -0.321 e. The summed E-state index contributed by atoms with van der Waals surface area (Å²) in [6.07, 6.45) is 2.99. The van der Waals surface area contributed by atoms with Crippen LogP contribution in [0.1, 0.15) is 31.4 Å². The maximum atomic E-state index is 6.05. The van der Waals surface area contributed by atoms with Crippen LogP contribution in [0.5, 0.6) is 0 Å². The minimum atomic E-state index is 0.738. The van der Waals surface area contributed by atoms with Crippen molar-refractivity contribution in [1.82, 2.24) is 4.90 Å². The zero-order valence-electron chi connectivity index (χ0n) is 10.3. The van der Waals surface area contributed by atoms with Crippen LogP contribution in [-0.2, 0) is 0 Å². The van der Waals surface area contributed by atoms with E-state index in [4.69, 9.17) is 11.6 Å². The van der Waals surface area contributed by atoms with Crippen LogP contribution in [0.4, 0.5) is 0 Å². The molecule has 0 unspecified atom stereocenters. The highest BCUT2D eigenvalue weighted by Crippen LogP contribution is 2.36. The minimum absolute atomic E-state index is 0.738. The van der Waals surface area contributed by atoms with E-state index in [2.05, 4.69) is 33.2 Å². The van der Waals surface area contributed by atoms with E-state index < -0.39 is 0 Å². The SMILES string of the molecule is C=C(CC)N1C=C(C)c2ccc(Cl)cc2C1=C. The van der Waals surface area contributed by atoms with Crippen molar-refractivity contribution in [2.45, 2.75) is 20.3 Å². The topological polar surface area (TPSA) is 3.24 Å². The van der Waals surface area contributed by atoms with Gasteiger partial charge in [-0.15, -0.1) is 0 Å². The van der Waals surface area contributed by atoms with Crippen molar-refractivity contribution >= 4 is 22.9 Å². The number of hydrogen-bond donors (Lipinski definition) is 0. The summed E-state index contributed by atoms with van der Waals surface area (Å²) in [5.41, 5.74) is 5.48. The first-order chi connectivity index (χ1) is 8.04. The molecule has 0 saturated carbocycles. The van der Waals surface area contributed by atoms with Crippen LogP contribution in [0.2, 0.25) is 5.02 Å². The second kappa shape index (κ2) is 4.42. The Balaban J connectivity index is 2.54. The van der Waals surface area contributed by atoms with Gasteiger partial charge in [0.05, 0.1) is 0 Å². The number of halogens is 1. The molecule has 0 fully saturated rings. The molecule has 0 spiro atoms. The molecular weight excluding hydrogens is 230 g/mol. The van der Waals surface area contributed by atoms with Gasteiger partial charge in [0, 0.05) is 28.2 Å². The van der Waals surface area contributed by atoms with Crippen molar-refractivity contribution in [1.29, 1.82) is 0 Å². The Morgan fingerprint density at radius 2 is 2.06 bits per heavy atom. The zero-order chi connectivity index (χ0) is 12.6. The Labute approximate surface area is 108 Å². The fourth-order valence-electron chi connectivity index (χ4n) is 2.02. The van der Waals surface area contributed by atoms with Crippen molar-refractivity contribution in [3.05, 3.63) is 59.4 Å². The van der Waals surface area contributed by atoms with E-state index in [1.807, 2.05) is 23.1 Å². The molecule has 0 amide bonds. The number of benzene rings is 1. The molecule has 17 heavy (non-hydrogen) atoms. The first-order valence-corrected chi connectivity index (χ1v) is 6.07. The van der Waals surface area contributed by atoms with Gasteiger partial charge in [-0.25, -0.2) is 0 Å². The first-order valence-electron chi connectivity index (χ1n) is 5.69. The van der Waals surface area contributed by atoms with Crippen LogP contribution in [0.25, 0.3) is 11.3 Å². The summed E-state index contributed by atoms with van der Waals surface area (Å²) in [5, 5.41) is 0.738. The van der Waals surface area contributed by atoms with E-state index in [-0.39, 0.29) is 0 Å². The van der Waals surface area contributed by atoms with Gasteiger partial charge in [-0.3, -0.25) is 0 Å². The first kappa shape index (κ1) is 12.0. The van der Waals surface area contributed by atoms with Gasteiger partial charge in [-0.1, -0.05) is 37.7 Å². The molecule has 0 radical (unpaired) electrons. The number of fused-ring (bicyclic) bond motifs is 1. The average Bonchev–Trinajstić information content (AvgIpc) is 2.32. The lowest BCUT2D eigenvalue weighted by atomic mass is 9.95. The molecule has 1 aromatic carbocycles. The third kappa shape index (κ3) is 2.03. The molecule has 1 aliphatic rings. The van der Waals surface area contributed by atoms with Gasteiger partial charge in [0.1, 0.15) is 0 Å². The third-order valence-electron chi connectivity index (χ3n) is 3.08. The largest absolute Gasteiger partial charge is 0.321 e. The van der Waals surface area contributed by atoms with Crippen LogP contribution < -0.4 is 0 Å². The summed E-state index contributed by atoms with van der Waals surface area (Å²) in [4.78, 5) is 2.05. The molecule has 2 rings (SSSR count). The summed E-state index contributed by atoms with van der Waals surface area (Å²) < 4.78 is 0. The van der Waals surface area contributed by atoms with E-state index in [9.17, 15) is 0 Å². The van der Waals surface area contributed by atoms with Crippen molar-refractivity contribution in [2.24, 2.45) is 0 Å². The van der Waals surface area contributed by atoms with Gasteiger partial charge in [-0.2, -0.15) is 0 Å². The van der Waals surface area contributed by atoms with Crippen LogP contribution >= 0.6 is 11.6 Å². The zero-order valence-corrected chi connectivity index (χ0v) is 11.0. The lowest BCUT2D eigenvalue weighted by Crippen LogP contribution is -2.18. The Kier molecular flexibility index (Phi) is 3.12. The lowest BCUT2D eigenvalue weighted by Gasteiger charge is -2.31. The van der Waals surface area contributed by atoms with Gasteiger partial charge in [0.15, 0.2) is 0 Å². The highest BCUT2D eigenvalue weighted by atomic mass is 35.5. The second-order valence-electron chi connectivity index (χ2n) is 4.24. The molecule has 0 N–H and O–H groups in total. The molecule has 88 valence electrons. The Hall–Kier alpha value is -1.47. The smallest absolute Gasteiger partial charge is 0.0459 e. The van der Waals surface area contributed by atoms with Crippen molar-refractivity contribution in [2.75, 3.05) is 0 Å². The van der Waals surface area contributed by atoms with Gasteiger partial charge in [0.25, 0.3) is 0 Å². The Bertz CT molecular complexity index is 526. The predicted molar refractivity (Wildman–Crippen MR) is 75.4 cm³/mol. The van der Waals surface area contributed by atoms with Crippen LogP contribution in [-0.4, -0.2) is 4.90 Å². The molecule has 0 saturated heterocycles. The van der Waals surface area contributed by atoms with E-state index in [1.165, 1.54) is 11.1 Å². The van der Waals surface area contributed by atoms with Gasteiger partial charge in [-0.05, 0) is 36.6 Å². The van der Waals surface area contributed by atoms with Crippen molar-refractivity contribution in [3.63, 3.8) is 0 Å². The fraction of sp³-hybridized carbons (Fsp3) is 0.200. The molecule has 0 atom stereocenters. The van der Waals surface area contributed by atoms with E-state index in [0.29, 0.717) is 0 Å². The monoisotopic (exact) mass is 245 g/mol. The molecular formula is C15H16ClN. The summed E-state index contributed by atoms with van der Waals surface area (Å²) in [5.74, 6) is 0. The molecule has 0 aromatic heterocycles. The van der Waals surface area contributed by atoms with Crippen molar-refractivity contribution in [3.8, 4) is 0 Å². The normalized spacial score (nSPS) is 14.4. The summed E-state index contributed by atoms with van der Waals surface area (Å²) in [6.45, 7) is 12.4. The molecule has 1 nitrogen and oxygen atoms in total. The number of nitrogens with zero attached hydrogens (tertiary/aromatic N) is 1. The summed E-state index contributed by atoms with van der Waals surface area (Å²) in [7, 11) is 0. The lowest BCUT2D eigenvalue weighted by molar-refractivity contribution is 0.628. The average molecular weight is 246 g/mol. The molecule has 1 aromatic rings. The maximum Gasteiger partial charge on any atom is 0.0459 e. The number of allylic oxidation sites excluding steroid dienone is 2. The summed E-state index contributed by atoms with van der Waals surface area (Å²) >= 11 is 6.05. The maximum absolute atomic E-state index is 6.05. The van der Waals surface area contributed by atoms with E-state index in [1.54, 1.807) is 0 Å². The molecule has 0 aliphatic carbocycles. The Morgan fingerprint density at radius 3 is 2.71 bits per heavy atom. The van der Waals surface area contributed by atoms with Gasteiger partial charge in [0.2, 0.25) is 0 Å². The number of rotatable bonds is 2. The Morgan fingerprint density at radius 1 is 1.35 bits per heavy atom. The predicted octanol–water partition coefficient (Wildman–Crippen LogP) is 4.91. The van der Waals surface area contributed by atoms with Crippen LogP contribution in [0, 0.1) is 0 Å². The third-order valence-corrected chi connectivity index (χ3v) is 3.31. The van der Waals surface area contributed by atoms with Gasteiger partial charge >= 0.3 is 0 Å². The molecule has 2 heteroatoms. The highest BCUT2D eigenvalue weighted by molar-refractivity contribution is 6.30. The second-order valence-corrected chi connectivity index (χ2v) is 4.67. The quantitative estimate of drug-likeness (QED) is 0.716. The molecule has 0 bridgehead atoms. The molecule has 1 aliphatic heterocycles. The fourth-order valence-corrected chi connectivity index (χ4v) is 2.19. The van der Waals surface area contributed by atoms with Crippen LogP contribution in [0.15, 0.2) is 43.3 Å². The standard InChI is InChI=1S/C15H16ClN/c1-5-11(3)17-9-10(2)14-7-6-13(16)8-15(14)12(17)4/h6-9H,3-5H2,1-2H3. The number of hydrogen-bond acceptors (Lipinski definition) is 1. The summed E-state index contributed by atoms with van der Waals surface area (Å²) in [6, 6.07) is 5.92. The van der Waals surface area contributed by atoms with Crippen LogP contribution in [0.3, 0.4) is 0 Å². The van der Waals surface area contributed by atoms with Gasteiger partial charge < -0.3 is 4.90 Å². The van der Waals surface area contributed by atoms with E-state index >= 15 is 0 Å². The molecule has 1 heterocycles. The highest BCUT2D eigenvalue weighted by Gasteiger charge is 2.19.